The maximum absolute atomic E-state index is 11.1. The average Bonchev–Trinajstić information content (AvgIpc) is 3.14. The number of phenols is 1. The van der Waals surface area contributed by atoms with Gasteiger partial charge in [0.15, 0.2) is 5.82 Å². The number of amides is 1. The van der Waals surface area contributed by atoms with Gasteiger partial charge in [0.1, 0.15) is 5.75 Å². The number of rotatable bonds is 2. The highest BCUT2D eigenvalue weighted by molar-refractivity contribution is 6.30. The van der Waals surface area contributed by atoms with Crippen LogP contribution in [0.5, 0.6) is 5.75 Å². The summed E-state index contributed by atoms with van der Waals surface area (Å²) in [5.41, 5.74) is 1.16. The number of carboxylic acid groups (broad SMARTS) is 1. The Morgan fingerprint density at radius 2 is 1.80 bits per heavy atom. The normalized spacial score (nSPS) is 22.3. The molecule has 7 nitrogen and oxygen atoms in total. The highest BCUT2D eigenvalue weighted by atomic mass is 35.5. The Labute approximate surface area is 149 Å². The first kappa shape index (κ1) is 16.0. The smallest absolute Gasteiger partial charge is 0.407 e. The standard InChI is InChI=1S/C17H17ClN4O3/c18-12-1-2-13(15(23)5-12)14-3-4-16(20-19-14)21-6-10-8-22(17(24)25)9-11(10)7-21/h1-5,10-11,23H,6-9H2,(H,24,25). The molecule has 0 aliphatic carbocycles. The van der Waals surface area contributed by atoms with Crippen LogP contribution in [0.25, 0.3) is 11.3 Å². The van der Waals surface area contributed by atoms with E-state index in [1.54, 1.807) is 12.1 Å². The maximum Gasteiger partial charge on any atom is 0.407 e. The minimum Gasteiger partial charge on any atom is -0.507 e. The molecule has 4 rings (SSSR count). The second-order valence-electron chi connectivity index (χ2n) is 6.55. The molecule has 0 spiro atoms. The Hall–Kier alpha value is -2.54. The van der Waals surface area contributed by atoms with Gasteiger partial charge in [-0.25, -0.2) is 4.79 Å². The van der Waals surface area contributed by atoms with Crippen LogP contribution < -0.4 is 4.90 Å². The predicted octanol–water partition coefficient (Wildman–Crippen LogP) is 2.55. The van der Waals surface area contributed by atoms with Crippen molar-refractivity contribution in [1.82, 2.24) is 15.1 Å². The van der Waals surface area contributed by atoms with Crippen LogP contribution in [-0.4, -0.2) is 57.6 Å². The topological polar surface area (TPSA) is 89.8 Å². The van der Waals surface area contributed by atoms with Gasteiger partial charge in [-0.1, -0.05) is 11.6 Å². The van der Waals surface area contributed by atoms with Gasteiger partial charge in [-0.3, -0.25) is 0 Å². The number of phenolic OH excluding ortho intramolecular Hbond substituents is 1. The lowest BCUT2D eigenvalue weighted by Crippen LogP contribution is -2.32. The molecule has 8 heteroatoms. The number of aromatic nitrogens is 2. The van der Waals surface area contributed by atoms with Crippen LogP contribution in [0.2, 0.25) is 5.02 Å². The Balaban J connectivity index is 1.48. The Bertz CT molecular complexity index is 800. The fraction of sp³-hybridized carbons (Fsp3) is 0.353. The molecule has 2 aliphatic heterocycles. The van der Waals surface area contributed by atoms with Crippen LogP contribution in [0, 0.1) is 11.8 Å². The third-order valence-corrected chi connectivity index (χ3v) is 5.20. The number of carbonyl (C=O) groups is 1. The molecule has 2 aromatic rings. The van der Waals surface area contributed by atoms with E-state index in [1.165, 1.54) is 11.0 Å². The number of hydrogen-bond donors (Lipinski definition) is 2. The summed E-state index contributed by atoms with van der Waals surface area (Å²) < 4.78 is 0. The van der Waals surface area contributed by atoms with Gasteiger partial charge in [-0.2, -0.15) is 0 Å². The molecule has 0 saturated carbocycles. The summed E-state index contributed by atoms with van der Waals surface area (Å²) >= 11 is 5.85. The summed E-state index contributed by atoms with van der Waals surface area (Å²) in [4.78, 5) is 14.7. The van der Waals surface area contributed by atoms with E-state index in [4.69, 9.17) is 16.7 Å². The van der Waals surface area contributed by atoms with Crippen LogP contribution in [0.1, 0.15) is 0 Å². The maximum atomic E-state index is 11.1. The zero-order chi connectivity index (χ0) is 17.6. The van der Waals surface area contributed by atoms with Gasteiger partial charge in [-0.15, -0.1) is 10.2 Å². The first-order valence-electron chi connectivity index (χ1n) is 8.06. The number of hydrogen-bond acceptors (Lipinski definition) is 5. The summed E-state index contributed by atoms with van der Waals surface area (Å²) in [6, 6.07) is 8.59. The fourth-order valence-corrected chi connectivity index (χ4v) is 3.86. The van der Waals surface area contributed by atoms with Crippen molar-refractivity contribution >= 4 is 23.5 Å². The van der Waals surface area contributed by atoms with Crippen molar-refractivity contribution in [3.8, 4) is 17.0 Å². The van der Waals surface area contributed by atoms with E-state index in [1.807, 2.05) is 12.1 Å². The van der Waals surface area contributed by atoms with Gasteiger partial charge in [0.05, 0.1) is 5.69 Å². The third kappa shape index (κ3) is 2.95. The highest BCUT2D eigenvalue weighted by Gasteiger charge is 2.42. The monoisotopic (exact) mass is 360 g/mol. The summed E-state index contributed by atoms with van der Waals surface area (Å²) in [5.74, 6) is 1.53. The molecule has 2 unspecified atom stereocenters. The van der Waals surface area contributed by atoms with Gasteiger partial charge >= 0.3 is 6.09 Å². The van der Waals surface area contributed by atoms with Crippen LogP contribution >= 0.6 is 11.6 Å². The SMILES string of the molecule is O=C(O)N1CC2CN(c3ccc(-c4ccc(Cl)cc4O)nn3)CC2C1. The first-order chi connectivity index (χ1) is 12.0. The number of aromatic hydroxyl groups is 1. The molecule has 2 saturated heterocycles. The van der Waals surface area contributed by atoms with Crippen molar-refractivity contribution in [2.45, 2.75) is 0 Å². The number of fused-ring (bicyclic) bond motifs is 1. The largest absolute Gasteiger partial charge is 0.507 e. The molecular formula is C17H17ClN4O3. The zero-order valence-electron chi connectivity index (χ0n) is 13.3. The molecule has 3 heterocycles. The van der Waals surface area contributed by atoms with Crippen molar-refractivity contribution in [2.75, 3.05) is 31.1 Å². The molecule has 2 aliphatic rings. The van der Waals surface area contributed by atoms with E-state index >= 15 is 0 Å². The number of halogens is 1. The second-order valence-corrected chi connectivity index (χ2v) is 6.99. The summed E-state index contributed by atoms with van der Waals surface area (Å²) in [6.07, 6.45) is -0.840. The van der Waals surface area contributed by atoms with Crippen LogP contribution in [0.3, 0.4) is 0 Å². The molecule has 2 N–H and O–H groups in total. The minimum absolute atomic E-state index is 0.0685. The molecule has 1 aromatic carbocycles. The van der Waals surface area contributed by atoms with E-state index in [0.29, 0.717) is 41.2 Å². The lowest BCUT2D eigenvalue weighted by Gasteiger charge is -2.20. The lowest BCUT2D eigenvalue weighted by atomic mass is 10.0. The van der Waals surface area contributed by atoms with Gasteiger partial charge in [0.25, 0.3) is 0 Å². The van der Waals surface area contributed by atoms with Crippen LogP contribution in [-0.2, 0) is 0 Å². The van der Waals surface area contributed by atoms with Crippen molar-refractivity contribution in [3.05, 3.63) is 35.4 Å². The molecule has 25 heavy (non-hydrogen) atoms. The zero-order valence-corrected chi connectivity index (χ0v) is 14.1. The van der Waals surface area contributed by atoms with E-state index in [-0.39, 0.29) is 5.75 Å². The summed E-state index contributed by atoms with van der Waals surface area (Å²) in [5, 5.41) is 28.0. The van der Waals surface area contributed by atoms with E-state index in [9.17, 15) is 9.90 Å². The van der Waals surface area contributed by atoms with Gasteiger partial charge < -0.3 is 20.0 Å². The number of benzene rings is 1. The van der Waals surface area contributed by atoms with Crippen LogP contribution in [0.4, 0.5) is 10.6 Å². The summed E-state index contributed by atoms with van der Waals surface area (Å²) in [7, 11) is 0. The van der Waals surface area contributed by atoms with Crippen molar-refractivity contribution in [2.24, 2.45) is 11.8 Å². The van der Waals surface area contributed by atoms with Gasteiger partial charge in [0.2, 0.25) is 0 Å². The van der Waals surface area contributed by atoms with E-state index < -0.39 is 6.09 Å². The van der Waals surface area contributed by atoms with Gasteiger partial charge in [0, 0.05) is 48.6 Å². The molecule has 0 bridgehead atoms. The molecular weight excluding hydrogens is 344 g/mol. The van der Waals surface area contributed by atoms with Crippen LogP contribution in [0.15, 0.2) is 30.3 Å². The summed E-state index contributed by atoms with van der Waals surface area (Å²) in [6.45, 7) is 2.74. The Morgan fingerprint density at radius 3 is 2.36 bits per heavy atom. The van der Waals surface area contributed by atoms with Crippen molar-refractivity contribution < 1.29 is 15.0 Å². The molecule has 1 aromatic heterocycles. The number of likely N-dealkylation sites (tertiary alicyclic amines) is 1. The second kappa shape index (κ2) is 6.07. The molecule has 1 amide bonds. The fourth-order valence-electron chi connectivity index (χ4n) is 3.70. The van der Waals surface area contributed by atoms with Gasteiger partial charge in [-0.05, 0) is 30.3 Å². The molecule has 0 radical (unpaired) electrons. The third-order valence-electron chi connectivity index (χ3n) is 4.97. The Morgan fingerprint density at radius 1 is 1.08 bits per heavy atom. The van der Waals surface area contributed by atoms with Crippen molar-refractivity contribution in [3.63, 3.8) is 0 Å². The van der Waals surface area contributed by atoms with Crippen molar-refractivity contribution in [1.29, 1.82) is 0 Å². The minimum atomic E-state index is -0.840. The molecule has 2 fully saturated rings. The quantitative estimate of drug-likeness (QED) is 0.855. The number of anilines is 1. The van der Waals surface area contributed by atoms with E-state index in [0.717, 1.165) is 18.9 Å². The lowest BCUT2D eigenvalue weighted by molar-refractivity contribution is 0.153. The Kier molecular flexibility index (Phi) is 3.88. The molecule has 2 atom stereocenters. The first-order valence-corrected chi connectivity index (χ1v) is 8.44. The predicted molar refractivity (Wildman–Crippen MR) is 92.9 cm³/mol. The molecule has 130 valence electrons. The number of nitrogens with zero attached hydrogens (tertiary/aromatic N) is 4. The van der Waals surface area contributed by atoms with E-state index in [2.05, 4.69) is 15.1 Å². The average molecular weight is 361 g/mol. The highest BCUT2D eigenvalue weighted by Crippen LogP contribution is 2.34.